The topological polar surface area (TPSA) is 62.5 Å². The average molecular weight is 298 g/mol. The molecule has 0 radical (unpaired) electrons. The van der Waals surface area contributed by atoms with Crippen molar-refractivity contribution in [2.75, 3.05) is 40.8 Å². The summed E-state index contributed by atoms with van der Waals surface area (Å²) in [5.74, 6) is 0.647. The second-order valence-electron chi connectivity index (χ2n) is 5.86. The molecule has 1 rings (SSSR count). The molecule has 2 N–H and O–H groups in total. The molecule has 6 heteroatoms. The number of rotatable bonds is 10. The number of hydrogen-bond donors (Lipinski definition) is 2. The predicted octanol–water partition coefficient (Wildman–Crippen LogP) is 1.05. The first-order valence-corrected chi connectivity index (χ1v) is 7.60. The van der Waals surface area contributed by atoms with Crippen LogP contribution in [0.25, 0.3) is 0 Å². The van der Waals surface area contributed by atoms with Gasteiger partial charge in [0.05, 0.1) is 19.9 Å². The van der Waals surface area contributed by atoms with Crippen LogP contribution in [0.5, 0.6) is 5.75 Å². The smallest absolute Gasteiger partial charge is 0.162 e. The summed E-state index contributed by atoms with van der Waals surface area (Å²) in [6, 6.07) is 0. The van der Waals surface area contributed by atoms with Gasteiger partial charge in [-0.1, -0.05) is 6.92 Å². The maximum absolute atomic E-state index is 10.8. The normalized spacial score (nSPS) is 14.4. The molecule has 122 valence electrons. The lowest BCUT2D eigenvalue weighted by atomic mass is 9.97. The molecule has 1 unspecified atom stereocenters. The van der Waals surface area contributed by atoms with E-state index in [2.05, 4.69) is 22.2 Å². The zero-order valence-electron chi connectivity index (χ0n) is 14.0. The lowest BCUT2D eigenvalue weighted by Gasteiger charge is -2.26. The minimum Gasteiger partial charge on any atom is -0.493 e. The van der Waals surface area contributed by atoms with Gasteiger partial charge in [-0.25, -0.2) is 0 Å². The maximum atomic E-state index is 10.8. The SMILES string of the molecule is CCCNCCC(C)(O)c1c(OC)cnn1CCN(C)C. The molecule has 1 aromatic heterocycles. The predicted molar refractivity (Wildman–Crippen MR) is 84.7 cm³/mol. The van der Waals surface area contributed by atoms with Gasteiger partial charge < -0.3 is 20.1 Å². The Morgan fingerprint density at radius 2 is 2.14 bits per heavy atom. The van der Waals surface area contributed by atoms with Crippen molar-refractivity contribution in [1.82, 2.24) is 20.0 Å². The van der Waals surface area contributed by atoms with Crippen LogP contribution >= 0.6 is 0 Å². The zero-order chi connectivity index (χ0) is 15.9. The van der Waals surface area contributed by atoms with Gasteiger partial charge in [0, 0.05) is 6.54 Å². The van der Waals surface area contributed by atoms with E-state index in [1.54, 1.807) is 13.3 Å². The highest BCUT2D eigenvalue weighted by Crippen LogP contribution is 2.32. The molecule has 1 heterocycles. The van der Waals surface area contributed by atoms with Gasteiger partial charge >= 0.3 is 0 Å². The lowest BCUT2D eigenvalue weighted by Crippen LogP contribution is -2.32. The van der Waals surface area contributed by atoms with Gasteiger partial charge in [-0.05, 0) is 47.0 Å². The van der Waals surface area contributed by atoms with Crippen molar-refractivity contribution < 1.29 is 9.84 Å². The van der Waals surface area contributed by atoms with Gasteiger partial charge in [0.1, 0.15) is 11.3 Å². The fourth-order valence-electron chi connectivity index (χ4n) is 2.28. The number of ether oxygens (including phenoxy) is 1. The van der Waals surface area contributed by atoms with Crippen molar-refractivity contribution in [1.29, 1.82) is 0 Å². The summed E-state index contributed by atoms with van der Waals surface area (Å²) >= 11 is 0. The first-order chi connectivity index (χ1) is 9.92. The molecular weight excluding hydrogens is 268 g/mol. The number of aliphatic hydroxyl groups is 1. The molecule has 0 saturated heterocycles. The van der Waals surface area contributed by atoms with Crippen molar-refractivity contribution in [2.45, 2.75) is 38.8 Å². The highest BCUT2D eigenvalue weighted by molar-refractivity contribution is 5.30. The molecule has 0 amide bonds. The Hall–Kier alpha value is -1.11. The summed E-state index contributed by atoms with van der Waals surface area (Å²) < 4.78 is 7.22. The first-order valence-electron chi connectivity index (χ1n) is 7.60. The average Bonchev–Trinajstić information content (AvgIpc) is 2.85. The Morgan fingerprint density at radius 3 is 2.71 bits per heavy atom. The van der Waals surface area contributed by atoms with Crippen LogP contribution in [0, 0.1) is 0 Å². The van der Waals surface area contributed by atoms with E-state index in [0.29, 0.717) is 12.2 Å². The van der Waals surface area contributed by atoms with Crippen molar-refractivity contribution in [3.8, 4) is 5.75 Å². The van der Waals surface area contributed by atoms with Crippen molar-refractivity contribution in [3.63, 3.8) is 0 Å². The third-order valence-electron chi connectivity index (χ3n) is 3.51. The molecule has 0 aliphatic rings. The standard InChI is InChI=1S/C15H30N4O2/c1-6-8-16-9-7-15(2,20)14-13(21-5)12-17-19(14)11-10-18(3)4/h12,16,20H,6-11H2,1-5H3. The Labute approximate surface area is 128 Å². The molecule has 0 spiro atoms. The fraction of sp³-hybridized carbons (Fsp3) is 0.800. The number of likely N-dealkylation sites (N-methyl/N-ethyl adjacent to an activating group) is 1. The highest BCUT2D eigenvalue weighted by atomic mass is 16.5. The molecular formula is C15H30N4O2. The molecule has 0 aliphatic carbocycles. The molecule has 6 nitrogen and oxygen atoms in total. The summed E-state index contributed by atoms with van der Waals surface area (Å²) in [6.45, 7) is 7.28. The number of nitrogens with one attached hydrogen (secondary N) is 1. The Bertz CT molecular complexity index is 416. The molecule has 1 aromatic rings. The summed E-state index contributed by atoms with van der Waals surface area (Å²) in [6.07, 6.45) is 3.39. The monoisotopic (exact) mass is 298 g/mol. The second-order valence-corrected chi connectivity index (χ2v) is 5.86. The van der Waals surface area contributed by atoms with E-state index in [0.717, 1.165) is 38.3 Å². The molecule has 0 saturated carbocycles. The number of methoxy groups -OCH3 is 1. The molecule has 0 bridgehead atoms. The van der Waals surface area contributed by atoms with Gasteiger partial charge in [-0.15, -0.1) is 0 Å². The van der Waals surface area contributed by atoms with Gasteiger partial charge in [0.2, 0.25) is 0 Å². The fourth-order valence-corrected chi connectivity index (χ4v) is 2.28. The molecule has 21 heavy (non-hydrogen) atoms. The molecule has 0 aromatic carbocycles. The third-order valence-corrected chi connectivity index (χ3v) is 3.51. The van der Waals surface area contributed by atoms with Crippen LogP contribution in [0.3, 0.4) is 0 Å². The number of nitrogens with zero attached hydrogens (tertiary/aromatic N) is 3. The second kappa shape index (κ2) is 8.36. The minimum atomic E-state index is -0.963. The van der Waals surface area contributed by atoms with Crippen LogP contribution in [-0.4, -0.2) is 60.6 Å². The molecule has 1 atom stereocenters. The summed E-state index contributed by atoms with van der Waals surface area (Å²) in [5.41, 5.74) is -0.209. The lowest BCUT2D eigenvalue weighted by molar-refractivity contribution is 0.0357. The van der Waals surface area contributed by atoms with Crippen LogP contribution in [0.4, 0.5) is 0 Å². The van der Waals surface area contributed by atoms with E-state index in [-0.39, 0.29) is 0 Å². The maximum Gasteiger partial charge on any atom is 0.162 e. The zero-order valence-corrected chi connectivity index (χ0v) is 14.0. The van der Waals surface area contributed by atoms with E-state index in [9.17, 15) is 5.11 Å². The van der Waals surface area contributed by atoms with Crippen LogP contribution in [0.1, 0.15) is 32.4 Å². The molecule has 0 fully saturated rings. The molecule has 0 aliphatic heterocycles. The van der Waals surface area contributed by atoms with Gasteiger partial charge in [-0.2, -0.15) is 5.10 Å². The van der Waals surface area contributed by atoms with Crippen LogP contribution in [0.2, 0.25) is 0 Å². The minimum absolute atomic E-state index is 0.622. The van der Waals surface area contributed by atoms with E-state index >= 15 is 0 Å². The number of aromatic nitrogens is 2. The van der Waals surface area contributed by atoms with E-state index in [1.165, 1.54) is 0 Å². The Kier molecular flexibility index (Phi) is 7.14. The van der Waals surface area contributed by atoms with Crippen molar-refractivity contribution in [2.24, 2.45) is 0 Å². The Balaban J connectivity index is 2.83. The Morgan fingerprint density at radius 1 is 1.43 bits per heavy atom. The quantitative estimate of drug-likeness (QED) is 0.632. The van der Waals surface area contributed by atoms with E-state index in [1.807, 2.05) is 25.7 Å². The van der Waals surface area contributed by atoms with E-state index < -0.39 is 5.60 Å². The van der Waals surface area contributed by atoms with Crippen LogP contribution < -0.4 is 10.1 Å². The summed E-state index contributed by atoms with van der Waals surface area (Å²) in [4.78, 5) is 2.09. The van der Waals surface area contributed by atoms with Crippen molar-refractivity contribution >= 4 is 0 Å². The van der Waals surface area contributed by atoms with Crippen LogP contribution in [-0.2, 0) is 12.1 Å². The number of hydrogen-bond acceptors (Lipinski definition) is 5. The third kappa shape index (κ3) is 5.30. The van der Waals surface area contributed by atoms with Crippen LogP contribution in [0.15, 0.2) is 6.20 Å². The summed E-state index contributed by atoms with van der Waals surface area (Å²) in [7, 11) is 5.66. The van der Waals surface area contributed by atoms with Gasteiger partial charge in [0.25, 0.3) is 0 Å². The largest absolute Gasteiger partial charge is 0.493 e. The van der Waals surface area contributed by atoms with Gasteiger partial charge in [-0.3, -0.25) is 4.68 Å². The van der Waals surface area contributed by atoms with E-state index in [4.69, 9.17) is 4.74 Å². The first kappa shape index (κ1) is 17.9. The summed E-state index contributed by atoms with van der Waals surface area (Å²) in [5, 5.41) is 18.5. The van der Waals surface area contributed by atoms with Crippen molar-refractivity contribution in [3.05, 3.63) is 11.9 Å². The van der Waals surface area contributed by atoms with Gasteiger partial charge in [0.15, 0.2) is 5.75 Å². The highest BCUT2D eigenvalue weighted by Gasteiger charge is 2.31.